The molecule has 0 spiro atoms. The van der Waals surface area contributed by atoms with Crippen molar-refractivity contribution >= 4 is 27.3 Å². The fraction of sp³-hybridized carbons (Fsp3) is 0.0556. The summed E-state index contributed by atoms with van der Waals surface area (Å²) in [6, 6.07) is 18.8. The van der Waals surface area contributed by atoms with Crippen LogP contribution < -0.4 is 5.14 Å². The van der Waals surface area contributed by atoms with E-state index in [-0.39, 0.29) is 16.4 Å². The van der Waals surface area contributed by atoms with Crippen molar-refractivity contribution in [1.82, 2.24) is 0 Å². The lowest BCUT2D eigenvalue weighted by molar-refractivity contribution is 0.0474. The summed E-state index contributed by atoms with van der Waals surface area (Å²) in [7, 11) is -3.94. The molecule has 0 aliphatic carbocycles. The summed E-state index contributed by atoms with van der Waals surface area (Å²) >= 11 is 0.986. The topological polar surface area (TPSA) is 86.5 Å². The van der Waals surface area contributed by atoms with Crippen LogP contribution in [0.3, 0.4) is 0 Å². The number of ether oxygens (including phenoxy) is 1. The van der Waals surface area contributed by atoms with Crippen molar-refractivity contribution in [2.45, 2.75) is 11.5 Å². The van der Waals surface area contributed by atoms with E-state index in [4.69, 9.17) is 9.88 Å². The molecule has 0 unspecified atom stereocenters. The first-order valence-electron chi connectivity index (χ1n) is 7.37. The van der Waals surface area contributed by atoms with Gasteiger partial charge in [-0.2, -0.15) is 0 Å². The number of sulfonamides is 1. The third-order valence-electron chi connectivity index (χ3n) is 3.55. The largest absolute Gasteiger partial charge is 0.457 e. The average molecular weight is 373 g/mol. The second-order valence-corrected chi connectivity index (χ2v) is 7.74. The summed E-state index contributed by atoms with van der Waals surface area (Å²) in [5.74, 6) is -0.703. The van der Waals surface area contributed by atoms with Gasteiger partial charge in [0.1, 0.15) is 16.4 Å². The van der Waals surface area contributed by atoms with Crippen LogP contribution in [0, 0.1) is 0 Å². The van der Waals surface area contributed by atoms with Gasteiger partial charge in [0.05, 0.1) is 0 Å². The number of hydrogen-bond acceptors (Lipinski definition) is 5. The number of benzene rings is 2. The second kappa shape index (κ2) is 7.18. The fourth-order valence-corrected chi connectivity index (χ4v) is 4.17. The van der Waals surface area contributed by atoms with Gasteiger partial charge in [-0.1, -0.05) is 54.6 Å². The summed E-state index contributed by atoms with van der Waals surface area (Å²) < 4.78 is 28.1. The molecular formula is C18H15NO4S2. The van der Waals surface area contributed by atoms with E-state index in [1.165, 1.54) is 11.4 Å². The average Bonchev–Trinajstić information content (AvgIpc) is 3.11. The zero-order valence-corrected chi connectivity index (χ0v) is 14.7. The smallest absolute Gasteiger partial charge is 0.350 e. The van der Waals surface area contributed by atoms with E-state index in [0.717, 1.165) is 28.0 Å². The van der Waals surface area contributed by atoms with Crippen molar-refractivity contribution in [2.75, 3.05) is 0 Å². The minimum Gasteiger partial charge on any atom is -0.457 e. The molecule has 25 heavy (non-hydrogen) atoms. The Morgan fingerprint density at radius 1 is 0.960 bits per heavy atom. The van der Waals surface area contributed by atoms with Crippen LogP contribution in [-0.2, 0) is 21.4 Å². The van der Waals surface area contributed by atoms with Gasteiger partial charge in [-0.25, -0.2) is 18.4 Å². The van der Waals surface area contributed by atoms with E-state index in [0.29, 0.717) is 0 Å². The third kappa shape index (κ3) is 4.14. The molecule has 0 bridgehead atoms. The number of carbonyl (C=O) groups excluding carboxylic acids is 1. The summed E-state index contributed by atoms with van der Waals surface area (Å²) in [6.07, 6.45) is 0. The number of thiophene rings is 1. The molecule has 0 fully saturated rings. The quantitative estimate of drug-likeness (QED) is 0.694. The van der Waals surface area contributed by atoms with Crippen molar-refractivity contribution < 1.29 is 17.9 Å². The number of esters is 1. The molecule has 0 saturated carbocycles. The van der Waals surface area contributed by atoms with Crippen LogP contribution in [-0.4, -0.2) is 14.4 Å². The van der Waals surface area contributed by atoms with E-state index in [2.05, 4.69) is 0 Å². The van der Waals surface area contributed by atoms with Gasteiger partial charge < -0.3 is 4.74 Å². The molecule has 3 aromatic rings. The Labute approximate surface area is 149 Å². The third-order valence-corrected chi connectivity index (χ3v) is 5.53. The molecule has 5 nitrogen and oxygen atoms in total. The van der Waals surface area contributed by atoms with Gasteiger partial charge in [0.2, 0.25) is 10.0 Å². The van der Waals surface area contributed by atoms with Crippen LogP contribution in [0.15, 0.2) is 70.9 Å². The second-order valence-electron chi connectivity index (χ2n) is 5.30. The Hall–Kier alpha value is -2.48. The van der Waals surface area contributed by atoms with Gasteiger partial charge in [-0.15, -0.1) is 11.3 Å². The number of nitrogens with two attached hydrogens (primary N) is 1. The predicted octanol–water partition coefficient (Wildman–Crippen LogP) is 3.42. The Kier molecular flexibility index (Phi) is 4.98. The molecule has 7 heteroatoms. The summed E-state index contributed by atoms with van der Waals surface area (Å²) in [5, 5.41) is 6.58. The zero-order chi connectivity index (χ0) is 17.9. The summed E-state index contributed by atoms with van der Waals surface area (Å²) in [4.78, 5) is 11.9. The minimum atomic E-state index is -3.94. The standard InChI is InChI=1S/C18H15NO4S2/c19-25(21,22)16-10-11-24-17(16)18(20)23-12-13-6-8-15(9-7-13)14-4-2-1-3-5-14/h1-11H,12H2,(H2,19,21,22). The normalized spacial score (nSPS) is 11.2. The van der Waals surface area contributed by atoms with Crippen LogP contribution >= 0.6 is 11.3 Å². The highest BCUT2D eigenvalue weighted by atomic mass is 32.2. The van der Waals surface area contributed by atoms with Gasteiger partial charge >= 0.3 is 5.97 Å². The number of carbonyl (C=O) groups is 1. The Morgan fingerprint density at radius 3 is 2.24 bits per heavy atom. The van der Waals surface area contributed by atoms with Crippen molar-refractivity contribution in [3.8, 4) is 11.1 Å². The van der Waals surface area contributed by atoms with Crippen molar-refractivity contribution in [3.63, 3.8) is 0 Å². The highest BCUT2D eigenvalue weighted by Crippen LogP contribution is 2.23. The molecule has 128 valence electrons. The van der Waals surface area contributed by atoms with E-state index >= 15 is 0 Å². The van der Waals surface area contributed by atoms with Crippen LogP contribution in [0.5, 0.6) is 0 Å². The van der Waals surface area contributed by atoms with E-state index in [1.807, 2.05) is 54.6 Å². The van der Waals surface area contributed by atoms with Gasteiger partial charge in [0.15, 0.2) is 0 Å². The van der Waals surface area contributed by atoms with Crippen molar-refractivity contribution in [3.05, 3.63) is 76.5 Å². The van der Waals surface area contributed by atoms with Gasteiger partial charge in [-0.05, 0) is 28.1 Å². The summed E-state index contributed by atoms with van der Waals surface area (Å²) in [6.45, 7) is 0.0515. The maximum absolute atomic E-state index is 12.1. The number of hydrogen-bond donors (Lipinski definition) is 1. The molecular weight excluding hydrogens is 358 g/mol. The molecule has 0 aliphatic heterocycles. The lowest BCUT2D eigenvalue weighted by atomic mass is 10.0. The first-order chi connectivity index (χ1) is 11.9. The molecule has 2 N–H and O–H groups in total. The minimum absolute atomic E-state index is 0.0107. The SMILES string of the molecule is NS(=O)(=O)c1ccsc1C(=O)OCc1ccc(-c2ccccc2)cc1. The highest BCUT2D eigenvalue weighted by molar-refractivity contribution is 7.89. The van der Waals surface area contributed by atoms with Gasteiger partial charge in [-0.3, -0.25) is 0 Å². The Morgan fingerprint density at radius 2 is 1.60 bits per heavy atom. The molecule has 0 radical (unpaired) electrons. The highest BCUT2D eigenvalue weighted by Gasteiger charge is 2.22. The number of primary sulfonamides is 1. The van der Waals surface area contributed by atoms with Crippen molar-refractivity contribution in [2.24, 2.45) is 5.14 Å². The molecule has 1 aromatic heterocycles. The maximum Gasteiger partial charge on any atom is 0.350 e. The molecule has 0 aliphatic rings. The van der Waals surface area contributed by atoms with Gasteiger partial charge in [0, 0.05) is 0 Å². The van der Waals surface area contributed by atoms with Gasteiger partial charge in [0.25, 0.3) is 0 Å². The van der Waals surface area contributed by atoms with Crippen molar-refractivity contribution in [1.29, 1.82) is 0 Å². The number of rotatable bonds is 5. The summed E-state index contributed by atoms with van der Waals surface area (Å²) in [5.41, 5.74) is 2.97. The lowest BCUT2D eigenvalue weighted by Crippen LogP contribution is -2.15. The van der Waals surface area contributed by atoms with Crippen LogP contribution in [0.1, 0.15) is 15.2 Å². The predicted molar refractivity (Wildman–Crippen MR) is 96.7 cm³/mol. The molecule has 2 aromatic carbocycles. The van der Waals surface area contributed by atoms with Crippen LogP contribution in [0.2, 0.25) is 0 Å². The first-order valence-corrected chi connectivity index (χ1v) is 9.79. The zero-order valence-electron chi connectivity index (χ0n) is 13.1. The molecule has 0 amide bonds. The molecule has 3 rings (SSSR count). The Bertz CT molecular complexity index is 977. The van der Waals surface area contributed by atoms with Crippen LogP contribution in [0.25, 0.3) is 11.1 Å². The molecule has 1 heterocycles. The van der Waals surface area contributed by atoms with E-state index < -0.39 is 16.0 Å². The Balaban J connectivity index is 1.68. The maximum atomic E-state index is 12.1. The first kappa shape index (κ1) is 17.3. The van der Waals surface area contributed by atoms with E-state index in [9.17, 15) is 13.2 Å². The fourth-order valence-electron chi connectivity index (χ4n) is 2.31. The monoisotopic (exact) mass is 373 g/mol. The van der Waals surface area contributed by atoms with E-state index in [1.54, 1.807) is 0 Å². The molecule has 0 atom stereocenters. The van der Waals surface area contributed by atoms with Crippen LogP contribution in [0.4, 0.5) is 0 Å². The lowest BCUT2D eigenvalue weighted by Gasteiger charge is -2.06. The molecule has 0 saturated heterocycles.